The second-order valence-corrected chi connectivity index (χ2v) is 7.09. The molecule has 7 heteroatoms. The third kappa shape index (κ3) is 5.95. The van der Waals surface area contributed by atoms with Crippen LogP contribution in [0.3, 0.4) is 0 Å². The molecule has 0 radical (unpaired) electrons. The van der Waals surface area contributed by atoms with Crippen molar-refractivity contribution in [2.45, 2.75) is 19.8 Å². The number of ether oxygens (including phenoxy) is 2. The molecule has 6 nitrogen and oxygen atoms in total. The van der Waals surface area contributed by atoms with Gasteiger partial charge < -0.3 is 19.3 Å². The molecule has 1 fully saturated rings. The van der Waals surface area contributed by atoms with E-state index in [4.69, 9.17) is 9.47 Å². The molecule has 1 heterocycles. The fourth-order valence-corrected chi connectivity index (χ4v) is 3.38. The molecule has 1 saturated heterocycles. The number of benzene rings is 2. The van der Waals surface area contributed by atoms with Crippen molar-refractivity contribution >= 4 is 11.8 Å². The van der Waals surface area contributed by atoms with E-state index in [1.165, 1.54) is 12.1 Å². The van der Waals surface area contributed by atoms with Crippen molar-refractivity contribution in [2.24, 2.45) is 0 Å². The predicted molar refractivity (Wildman–Crippen MR) is 111 cm³/mol. The minimum atomic E-state index is -0.318. The highest BCUT2D eigenvalue weighted by molar-refractivity contribution is 5.80. The van der Waals surface area contributed by atoms with E-state index >= 15 is 0 Å². The van der Waals surface area contributed by atoms with Crippen molar-refractivity contribution in [3.8, 4) is 11.5 Å². The standard InChI is InChI=1S/C23H27FN2O4/c1-2-29-20-6-3-4-7-21(20)30-17-23(28)26-13-5-12-25(14-15-26)22(27)16-18-8-10-19(24)11-9-18/h3-4,6-11H,2,5,12-17H2,1H3. The first-order valence-corrected chi connectivity index (χ1v) is 10.2. The number of amides is 2. The van der Waals surface area contributed by atoms with Gasteiger partial charge in [-0.2, -0.15) is 0 Å². The third-order valence-corrected chi connectivity index (χ3v) is 4.97. The Hall–Kier alpha value is -3.09. The predicted octanol–water partition coefficient (Wildman–Crippen LogP) is 2.91. The summed E-state index contributed by atoms with van der Waals surface area (Å²) in [5, 5.41) is 0. The van der Waals surface area contributed by atoms with Gasteiger partial charge in [0.2, 0.25) is 5.91 Å². The van der Waals surface area contributed by atoms with Crippen molar-refractivity contribution < 1.29 is 23.5 Å². The van der Waals surface area contributed by atoms with Crippen LogP contribution >= 0.6 is 0 Å². The molecule has 0 unspecified atom stereocenters. The van der Waals surface area contributed by atoms with E-state index in [0.717, 1.165) is 5.56 Å². The Bertz CT molecular complexity index is 857. The number of carbonyl (C=O) groups is 2. The van der Waals surface area contributed by atoms with Crippen LogP contribution in [0.1, 0.15) is 18.9 Å². The molecule has 0 saturated carbocycles. The van der Waals surface area contributed by atoms with Crippen LogP contribution in [-0.4, -0.2) is 61.0 Å². The molecule has 0 aliphatic carbocycles. The van der Waals surface area contributed by atoms with E-state index in [1.54, 1.807) is 34.1 Å². The fraction of sp³-hybridized carbons (Fsp3) is 0.391. The zero-order valence-electron chi connectivity index (χ0n) is 17.2. The molecule has 0 bridgehead atoms. The first-order valence-electron chi connectivity index (χ1n) is 10.2. The Kier molecular flexibility index (Phi) is 7.65. The highest BCUT2D eigenvalue weighted by atomic mass is 19.1. The molecule has 3 rings (SSSR count). The molecular formula is C23H27FN2O4. The van der Waals surface area contributed by atoms with Gasteiger partial charge in [0, 0.05) is 26.2 Å². The van der Waals surface area contributed by atoms with Gasteiger partial charge in [0.1, 0.15) is 5.82 Å². The number of halogens is 1. The minimum Gasteiger partial charge on any atom is -0.490 e. The maximum absolute atomic E-state index is 13.0. The maximum Gasteiger partial charge on any atom is 0.260 e. The van der Waals surface area contributed by atoms with E-state index in [2.05, 4.69) is 0 Å². The fourth-order valence-electron chi connectivity index (χ4n) is 3.38. The number of para-hydroxylation sites is 2. The summed E-state index contributed by atoms with van der Waals surface area (Å²) in [6.45, 7) is 4.44. The molecule has 0 N–H and O–H groups in total. The van der Waals surface area contributed by atoms with Crippen LogP contribution in [0.15, 0.2) is 48.5 Å². The van der Waals surface area contributed by atoms with Crippen molar-refractivity contribution in [3.05, 3.63) is 59.9 Å². The number of carbonyl (C=O) groups excluding carboxylic acids is 2. The quantitative estimate of drug-likeness (QED) is 0.699. The van der Waals surface area contributed by atoms with Gasteiger partial charge in [0.05, 0.1) is 13.0 Å². The second kappa shape index (κ2) is 10.6. The summed E-state index contributed by atoms with van der Waals surface area (Å²) >= 11 is 0. The highest BCUT2D eigenvalue weighted by Crippen LogP contribution is 2.26. The van der Waals surface area contributed by atoms with Gasteiger partial charge in [0.25, 0.3) is 5.91 Å². The Morgan fingerprint density at radius 2 is 1.47 bits per heavy atom. The maximum atomic E-state index is 13.0. The molecule has 0 aromatic heterocycles. The molecule has 0 spiro atoms. The summed E-state index contributed by atoms with van der Waals surface area (Å²) in [6, 6.07) is 13.2. The molecular weight excluding hydrogens is 387 g/mol. The van der Waals surface area contributed by atoms with Crippen LogP contribution in [-0.2, 0) is 16.0 Å². The summed E-state index contributed by atoms with van der Waals surface area (Å²) < 4.78 is 24.2. The van der Waals surface area contributed by atoms with Gasteiger partial charge in [-0.3, -0.25) is 9.59 Å². The molecule has 0 atom stereocenters. The summed E-state index contributed by atoms with van der Waals surface area (Å²) in [5.74, 6) is 0.702. The van der Waals surface area contributed by atoms with Crippen LogP contribution in [0.5, 0.6) is 11.5 Å². The van der Waals surface area contributed by atoms with E-state index in [9.17, 15) is 14.0 Å². The number of hydrogen-bond acceptors (Lipinski definition) is 4. The van der Waals surface area contributed by atoms with Crippen LogP contribution in [0.2, 0.25) is 0 Å². The zero-order valence-corrected chi connectivity index (χ0v) is 17.2. The van der Waals surface area contributed by atoms with E-state index in [-0.39, 0.29) is 30.7 Å². The summed E-state index contributed by atoms with van der Waals surface area (Å²) in [6.07, 6.45) is 0.933. The molecule has 160 valence electrons. The van der Waals surface area contributed by atoms with Crippen LogP contribution < -0.4 is 9.47 Å². The van der Waals surface area contributed by atoms with Crippen LogP contribution in [0.4, 0.5) is 4.39 Å². The SMILES string of the molecule is CCOc1ccccc1OCC(=O)N1CCCN(C(=O)Cc2ccc(F)cc2)CC1. The number of hydrogen-bond donors (Lipinski definition) is 0. The number of rotatable bonds is 7. The molecule has 2 aromatic carbocycles. The van der Waals surface area contributed by atoms with E-state index < -0.39 is 0 Å². The van der Waals surface area contributed by atoms with E-state index in [0.29, 0.717) is 50.7 Å². The smallest absolute Gasteiger partial charge is 0.260 e. The van der Waals surface area contributed by atoms with Crippen molar-refractivity contribution in [1.82, 2.24) is 9.80 Å². The van der Waals surface area contributed by atoms with Crippen LogP contribution in [0.25, 0.3) is 0 Å². The van der Waals surface area contributed by atoms with Gasteiger partial charge in [-0.05, 0) is 43.2 Å². The van der Waals surface area contributed by atoms with Crippen molar-refractivity contribution in [2.75, 3.05) is 39.4 Å². The third-order valence-electron chi connectivity index (χ3n) is 4.97. The summed E-state index contributed by atoms with van der Waals surface area (Å²) in [5.41, 5.74) is 0.778. The summed E-state index contributed by atoms with van der Waals surface area (Å²) in [7, 11) is 0. The Morgan fingerprint density at radius 3 is 2.10 bits per heavy atom. The first kappa shape index (κ1) is 21.6. The lowest BCUT2D eigenvalue weighted by atomic mass is 10.1. The molecule has 1 aliphatic rings. The zero-order chi connectivity index (χ0) is 21.3. The van der Waals surface area contributed by atoms with Gasteiger partial charge in [-0.1, -0.05) is 24.3 Å². The molecule has 2 aromatic rings. The Balaban J connectivity index is 1.50. The minimum absolute atomic E-state index is 0.0159. The largest absolute Gasteiger partial charge is 0.490 e. The summed E-state index contributed by atoms with van der Waals surface area (Å²) in [4.78, 5) is 28.7. The second-order valence-electron chi connectivity index (χ2n) is 7.09. The molecule has 1 aliphatic heterocycles. The number of nitrogens with zero attached hydrogens (tertiary/aromatic N) is 2. The Labute approximate surface area is 176 Å². The lowest BCUT2D eigenvalue weighted by Gasteiger charge is -2.22. The Morgan fingerprint density at radius 1 is 0.867 bits per heavy atom. The lowest BCUT2D eigenvalue weighted by Crippen LogP contribution is -2.39. The van der Waals surface area contributed by atoms with E-state index in [1.807, 2.05) is 19.1 Å². The molecule has 2 amide bonds. The first-order chi connectivity index (χ1) is 14.6. The van der Waals surface area contributed by atoms with Gasteiger partial charge >= 0.3 is 0 Å². The normalized spacial score (nSPS) is 14.2. The molecule has 30 heavy (non-hydrogen) atoms. The van der Waals surface area contributed by atoms with Crippen molar-refractivity contribution in [3.63, 3.8) is 0 Å². The average molecular weight is 414 g/mol. The van der Waals surface area contributed by atoms with Gasteiger partial charge in [-0.25, -0.2) is 4.39 Å². The average Bonchev–Trinajstić information content (AvgIpc) is 3.01. The monoisotopic (exact) mass is 414 g/mol. The van der Waals surface area contributed by atoms with Gasteiger partial charge in [0.15, 0.2) is 18.1 Å². The topological polar surface area (TPSA) is 59.1 Å². The van der Waals surface area contributed by atoms with Crippen LogP contribution in [0, 0.1) is 5.82 Å². The van der Waals surface area contributed by atoms with Crippen molar-refractivity contribution in [1.29, 1.82) is 0 Å². The lowest BCUT2D eigenvalue weighted by molar-refractivity contribution is -0.134. The highest BCUT2D eigenvalue weighted by Gasteiger charge is 2.22. The van der Waals surface area contributed by atoms with Gasteiger partial charge in [-0.15, -0.1) is 0 Å².